The number of carbonyl (C=O) groups excluding carboxylic acids is 1. The van der Waals surface area contributed by atoms with E-state index in [0.29, 0.717) is 18.9 Å². The van der Waals surface area contributed by atoms with Crippen molar-refractivity contribution in [1.29, 1.82) is 0 Å². The molecule has 1 aliphatic heterocycles. The van der Waals surface area contributed by atoms with Crippen molar-refractivity contribution in [1.82, 2.24) is 14.9 Å². The van der Waals surface area contributed by atoms with Gasteiger partial charge >= 0.3 is 0 Å². The molecule has 0 saturated heterocycles. The molecular formula is C20H25N3O. The number of amides is 1. The van der Waals surface area contributed by atoms with Gasteiger partial charge in [-0.3, -0.25) is 4.79 Å². The first kappa shape index (κ1) is 15.4. The number of benzene rings is 1. The summed E-state index contributed by atoms with van der Waals surface area (Å²) in [6.07, 6.45) is 8.81. The fourth-order valence-corrected chi connectivity index (χ4v) is 4.24. The second-order valence-corrected chi connectivity index (χ2v) is 7.19. The molecule has 4 heteroatoms. The van der Waals surface area contributed by atoms with Gasteiger partial charge in [-0.15, -0.1) is 0 Å². The number of carbonyl (C=O) groups is 1. The van der Waals surface area contributed by atoms with E-state index in [1.54, 1.807) is 6.33 Å². The third-order valence-electron chi connectivity index (χ3n) is 5.63. The summed E-state index contributed by atoms with van der Waals surface area (Å²) < 4.78 is 0. The maximum atomic E-state index is 12.8. The quantitative estimate of drug-likeness (QED) is 0.929. The number of rotatable bonds is 4. The Kier molecular flexibility index (Phi) is 4.37. The SMILES string of the molecule is O=C(CCC1CCCC1)N1Cc2[nH]cnc2C(c2ccccc2)C1. The third-order valence-corrected chi connectivity index (χ3v) is 5.63. The number of hydrogen-bond donors (Lipinski definition) is 1. The van der Waals surface area contributed by atoms with Crippen molar-refractivity contribution in [3.8, 4) is 0 Å². The van der Waals surface area contributed by atoms with Crippen molar-refractivity contribution in [2.24, 2.45) is 5.92 Å². The minimum atomic E-state index is 0.177. The molecule has 1 aromatic carbocycles. The molecule has 0 bridgehead atoms. The molecule has 1 aliphatic carbocycles. The number of fused-ring (bicyclic) bond motifs is 1. The highest BCUT2D eigenvalue weighted by Gasteiger charge is 2.31. The van der Waals surface area contributed by atoms with Crippen LogP contribution in [0, 0.1) is 5.92 Å². The van der Waals surface area contributed by atoms with E-state index in [4.69, 9.17) is 0 Å². The summed E-state index contributed by atoms with van der Waals surface area (Å²) in [5, 5.41) is 0. The average Bonchev–Trinajstić information content (AvgIpc) is 3.31. The fraction of sp³-hybridized carbons (Fsp3) is 0.500. The average molecular weight is 323 g/mol. The number of aromatic nitrogens is 2. The molecule has 126 valence electrons. The van der Waals surface area contributed by atoms with Gasteiger partial charge in [-0.05, 0) is 17.9 Å². The highest BCUT2D eigenvalue weighted by atomic mass is 16.2. The molecular weight excluding hydrogens is 298 g/mol. The first-order valence-electron chi connectivity index (χ1n) is 9.16. The van der Waals surface area contributed by atoms with E-state index in [-0.39, 0.29) is 5.92 Å². The molecule has 4 nitrogen and oxygen atoms in total. The summed E-state index contributed by atoms with van der Waals surface area (Å²) in [5.41, 5.74) is 3.42. The summed E-state index contributed by atoms with van der Waals surface area (Å²) in [5.74, 6) is 1.24. The molecule has 1 amide bonds. The van der Waals surface area contributed by atoms with Crippen molar-refractivity contribution >= 4 is 5.91 Å². The maximum Gasteiger partial charge on any atom is 0.222 e. The van der Waals surface area contributed by atoms with Gasteiger partial charge in [-0.2, -0.15) is 0 Å². The number of nitrogens with one attached hydrogen (secondary N) is 1. The second kappa shape index (κ2) is 6.80. The molecule has 0 radical (unpaired) electrons. The predicted molar refractivity (Wildman–Crippen MR) is 93.5 cm³/mol. The smallest absolute Gasteiger partial charge is 0.222 e. The molecule has 24 heavy (non-hydrogen) atoms. The van der Waals surface area contributed by atoms with Crippen LogP contribution in [0.25, 0.3) is 0 Å². The Morgan fingerprint density at radius 1 is 1.21 bits per heavy atom. The Morgan fingerprint density at radius 3 is 2.79 bits per heavy atom. The Labute approximate surface area is 143 Å². The zero-order valence-corrected chi connectivity index (χ0v) is 14.1. The van der Waals surface area contributed by atoms with Crippen molar-refractivity contribution < 1.29 is 4.79 Å². The van der Waals surface area contributed by atoms with Crippen molar-refractivity contribution in [3.05, 3.63) is 53.6 Å². The molecule has 2 heterocycles. The number of nitrogens with zero attached hydrogens (tertiary/aromatic N) is 2. The van der Waals surface area contributed by atoms with Gasteiger partial charge in [0.15, 0.2) is 0 Å². The van der Waals surface area contributed by atoms with Crippen LogP contribution < -0.4 is 0 Å². The first-order valence-corrected chi connectivity index (χ1v) is 9.16. The number of aromatic amines is 1. The normalized spacial score (nSPS) is 21.0. The van der Waals surface area contributed by atoms with Gasteiger partial charge in [0, 0.05) is 18.9 Å². The van der Waals surface area contributed by atoms with Gasteiger partial charge in [0.25, 0.3) is 0 Å². The van der Waals surface area contributed by atoms with Gasteiger partial charge in [0.05, 0.1) is 24.3 Å². The molecule has 1 unspecified atom stereocenters. The fourth-order valence-electron chi connectivity index (χ4n) is 4.24. The van der Waals surface area contributed by atoms with E-state index in [0.717, 1.165) is 30.3 Å². The largest absolute Gasteiger partial charge is 0.347 e. The van der Waals surface area contributed by atoms with Gasteiger partial charge in [0.2, 0.25) is 5.91 Å². The molecule has 1 N–H and O–H groups in total. The first-order chi connectivity index (χ1) is 11.8. The zero-order chi connectivity index (χ0) is 16.4. The molecule has 2 aromatic rings. The van der Waals surface area contributed by atoms with Crippen LogP contribution in [-0.4, -0.2) is 27.3 Å². The lowest BCUT2D eigenvalue weighted by Gasteiger charge is -2.32. The van der Waals surface area contributed by atoms with Gasteiger partial charge < -0.3 is 9.88 Å². The lowest BCUT2D eigenvalue weighted by molar-refractivity contribution is -0.132. The van der Waals surface area contributed by atoms with Crippen LogP contribution >= 0.6 is 0 Å². The van der Waals surface area contributed by atoms with Crippen LogP contribution in [0.4, 0.5) is 0 Å². The molecule has 2 aliphatic rings. The van der Waals surface area contributed by atoms with Crippen molar-refractivity contribution in [3.63, 3.8) is 0 Å². The summed E-state index contributed by atoms with van der Waals surface area (Å²) in [6, 6.07) is 10.4. The van der Waals surface area contributed by atoms with Crippen LogP contribution in [0.15, 0.2) is 36.7 Å². The van der Waals surface area contributed by atoms with E-state index < -0.39 is 0 Å². The van der Waals surface area contributed by atoms with Crippen molar-refractivity contribution in [2.75, 3.05) is 6.54 Å². The minimum Gasteiger partial charge on any atom is -0.347 e. The Bertz CT molecular complexity index is 688. The number of imidazole rings is 1. The Balaban J connectivity index is 1.48. The molecule has 1 saturated carbocycles. The molecule has 1 aromatic heterocycles. The van der Waals surface area contributed by atoms with E-state index >= 15 is 0 Å². The van der Waals surface area contributed by atoms with E-state index in [9.17, 15) is 4.79 Å². The third kappa shape index (κ3) is 3.10. The predicted octanol–water partition coefficient (Wildman–Crippen LogP) is 3.85. The molecule has 1 fully saturated rings. The van der Waals surface area contributed by atoms with Crippen LogP contribution in [0.2, 0.25) is 0 Å². The zero-order valence-electron chi connectivity index (χ0n) is 14.1. The lowest BCUT2D eigenvalue weighted by atomic mass is 9.90. The van der Waals surface area contributed by atoms with Gasteiger partial charge in [-0.1, -0.05) is 56.0 Å². The minimum absolute atomic E-state index is 0.177. The summed E-state index contributed by atoms with van der Waals surface area (Å²) in [4.78, 5) is 22.5. The van der Waals surface area contributed by atoms with Crippen LogP contribution in [-0.2, 0) is 11.3 Å². The van der Waals surface area contributed by atoms with Crippen LogP contribution in [0.5, 0.6) is 0 Å². The molecule has 1 atom stereocenters. The number of hydrogen-bond acceptors (Lipinski definition) is 2. The highest BCUT2D eigenvalue weighted by Crippen LogP contribution is 2.33. The summed E-state index contributed by atoms with van der Waals surface area (Å²) in [6.45, 7) is 1.41. The van der Waals surface area contributed by atoms with Gasteiger partial charge in [-0.25, -0.2) is 4.98 Å². The van der Waals surface area contributed by atoms with Crippen LogP contribution in [0.1, 0.15) is 61.4 Å². The topological polar surface area (TPSA) is 49.0 Å². The van der Waals surface area contributed by atoms with E-state index in [1.807, 2.05) is 11.0 Å². The van der Waals surface area contributed by atoms with E-state index in [2.05, 4.69) is 34.2 Å². The Morgan fingerprint density at radius 2 is 2.00 bits per heavy atom. The Hall–Kier alpha value is -2.10. The van der Waals surface area contributed by atoms with E-state index in [1.165, 1.54) is 31.2 Å². The van der Waals surface area contributed by atoms with Gasteiger partial charge in [0.1, 0.15) is 0 Å². The molecule has 4 rings (SSSR count). The summed E-state index contributed by atoms with van der Waals surface area (Å²) >= 11 is 0. The number of H-pyrrole nitrogens is 1. The lowest BCUT2D eigenvalue weighted by Crippen LogP contribution is -2.38. The molecule has 0 spiro atoms. The van der Waals surface area contributed by atoms with Crippen molar-refractivity contribution in [2.45, 2.75) is 51.0 Å². The summed E-state index contributed by atoms with van der Waals surface area (Å²) in [7, 11) is 0. The highest BCUT2D eigenvalue weighted by molar-refractivity contribution is 5.76. The standard InChI is InChI=1S/C20H25N3O/c24-19(11-10-15-6-4-5-7-15)23-12-17(16-8-2-1-3-9-16)20-18(13-23)21-14-22-20/h1-3,8-9,14-15,17H,4-7,10-13H2,(H,21,22). The maximum absolute atomic E-state index is 12.8. The monoisotopic (exact) mass is 323 g/mol. The second-order valence-electron chi connectivity index (χ2n) is 7.19. The van der Waals surface area contributed by atoms with Crippen LogP contribution in [0.3, 0.4) is 0 Å².